The molecular weight excluding hydrogens is 551 g/mol. The van der Waals surface area contributed by atoms with E-state index < -0.39 is 29.6 Å². The monoisotopic (exact) mass is 578 g/mol. The highest BCUT2D eigenvalue weighted by atomic mass is 79.9. The van der Waals surface area contributed by atoms with Crippen LogP contribution >= 0.6 is 15.9 Å². The third kappa shape index (κ3) is 5.13. The van der Waals surface area contributed by atoms with Gasteiger partial charge in [-0.3, -0.25) is 4.90 Å². The number of carbonyl (C=O) groups is 1. The van der Waals surface area contributed by atoms with Crippen molar-refractivity contribution in [1.29, 1.82) is 0 Å². The lowest BCUT2D eigenvalue weighted by Gasteiger charge is -2.53. The molecule has 2 aromatic rings. The molecule has 2 bridgehead atoms. The normalized spacial score (nSPS) is 24.6. The van der Waals surface area contributed by atoms with Crippen LogP contribution in [-0.2, 0) is 16.1 Å². The van der Waals surface area contributed by atoms with Gasteiger partial charge in [-0.25, -0.2) is 4.79 Å². The van der Waals surface area contributed by atoms with Crippen LogP contribution in [0.1, 0.15) is 70.8 Å². The Hall–Kier alpha value is -2.17. The average molecular weight is 579 g/mol. The standard InChI is InChI=1S/C25H28BrF5N2O3/c1-21(2,25(29,30)31)35-20(34)33(17-6-4-5-16(26)13-17)15-23-7-10-24(11-8-23,12-9-23)18-14-19(36-32-18)22(3,27)28/h4-6,13-14H,7-12,15H2,1-3H3. The molecule has 11 heteroatoms. The van der Waals surface area contributed by atoms with Crippen LogP contribution < -0.4 is 4.90 Å². The van der Waals surface area contributed by atoms with E-state index in [1.54, 1.807) is 24.3 Å². The Bertz CT molecular complexity index is 1100. The topological polar surface area (TPSA) is 55.6 Å². The number of aromatic nitrogens is 1. The second-order valence-corrected chi connectivity index (χ2v) is 11.6. The first-order chi connectivity index (χ1) is 16.6. The van der Waals surface area contributed by atoms with Crippen LogP contribution in [0.3, 0.4) is 0 Å². The summed E-state index contributed by atoms with van der Waals surface area (Å²) in [5, 5.41) is 3.96. The van der Waals surface area contributed by atoms with Crippen molar-refractivity contribution in [1.82, 2.24) is 5.16 Å². The highest BCUT2D eigenvalue weighted by molar-refractivity contribution is 9.10. The van der Waals surface area contributed by atoms with Gasteiger partial charge in [0.05, 0.1) is 5.69 Å². The fourth-order valence-electron chi connectivity index (χ4n) is 5.19. The number of amides is 1. The highest BCUT2D eigenvalue weighted by Gasteiger charge is 2.54. The largest absolute Gasteiger partial charge is 0.433 e. The van der Waals surface area contributed by atoms with Crippen molar-refractivity contribution in [3.05, 3.63) is 46.3 Å². The number of fused-ring (bicyclic) bond motifs is 3. The SMILES string of the molecule is CC(F)(F)c1cc(C23CCC(CN(C(=O)OC(C)(C)C(F)(F)F)c4cccc(Br)c4)(CC2)CC3)no1. The van der Waals surface area contributed by atoms with Crippen molar-refractivity contribution in [3.8, 4) is 0 Å². The van der Waals surface area contributed by atoms with Crippen LogP contribution in [0.4, 0.5) is 32.4 Å². The van der Waals surface area contributed by atoms with Gasteiger partial charge in [0.2, 0.25) is 11.4 Å². The number of anilines is 1. The molecule has 3 saturated carbocycles. The van der Waals surface area contributed by atoms with E-state index in [2.05, 4.69) is 21.1 Å². The number of halogens is 6. The van der Waals surface area contributed by atoms with Crippen LogP contribution in [0.2, 0.25) is 0 Å². The maximum Gasteiger partial charge on any atom is 0.427 e. The molecular formula is C25H28BrF5N2O3. The smallest absolute Gasteiger partial charge is 0.427 e. The van der Waals surface area contributed by atoms with Crippen LogP contribution in [0.15, 0.2) is 39.3 Å². The third-order valence-corrected chi connectivity index (χ3v) is 8.24. The Kier molecular flexibility index (Phi) is 6.71. The number of carbonyl (C=O) groups excluding carboxylic acids is 1. The molecule has 3 fully saturated rings. The number of nitrogens with zero attached hydrogens (tertiary/aromatic N) is 2. The van der Waals surface area contributed by atoms with Crippen LogP contribution in [0.25, 0.3) is 0 Å². The average Bonchev–Trinajstić information content (AvgIpc) is 3.30. The minimum atomic E-state index is -4.73. The first-order valence-corrected chi connectivity index (χ1v) is 12.5. The number of hydrogen-bond donors (Lipinski definition) is 0. The molecule has 1 aromatic carbocycles. The first-order valence-electron chi connectivity index (χ1n) is 11.7. The molecule has 0 aliphatic heterocycles. The maximum absolute atomic E-state index is 13.7. The van der Waals surface area contributed by atoms with Gasteiger partial charge in [0.1, 0.15) is 0 Å². The number of benzene rings is 1. The van der Waals surface area contributed by atoms with E-state index in [0.29, 0.717) is 54.4 Å². The molecule has 0 atom stereocenters. The minimum Gasteiger partial charge on any atom is -0.433 e. The third-order valence-electron chi connectivity index (χ3n) is 7.75. The second kappa shape index (κ2) is 8.99. The van der Waals surface area contributed by atoms with Crippen LogP contribution in [0.5, 0.6) is 0 Å². The Morgan fingerprint density at radius 3 is 2.17 bits per heavy atom. The van der Waals surface area contributed by atoms with Gasteiger partial charge < -0.3 is 9.26 Å². The lowest BCUT2D eigenvalue weighted by Crippen LogP contribution is -2.53. The summed E-state index contributed by atoms with van der Waals surface area (Å²) in [5.41, 5.74) is -2.44. The van der Waals surface area contributed by atoms with Gasteiger partial charge in [0, 0.05) is 35.1 Å². The zero-order valence-electron chi connectivity index (χ0n) is 20.2. The van der Waals surface area contributed by atoms with E-state index in [0.717, 1.165) is 20.8 Å². The van der Waals surface area contributed by atoms with E-state index in [4.69, 9.17) is 9.26 Å². The zero-order chi connectivity index (χ0) is 26.6. The maximum atomic E-state index is 13.7. The Morgan fingerprint density at radius 2 is 1.67 bits per heavy atom. The Balaban J connectivity index is 1.56. The molecule has 1 aromatic heterocycles. The van der Waals surface area contributed by atoms with Gasteiger partial charge in [-0.2, -0.15) is 22.0 Å². The summed E-state index contributed by atoms with van der Waals surface area (Å²) < 4.78 is 78.3. The Labute approximate surface area is 214 Å². The quantitative estimate of drug-likeness (QED) is 0.325. The Morgan fingerprint density at radius 1 is 1.06 bits per heavy atom. The van der Waals surface area contributed by atoms with E-state index in [1.165, 1.54) is 11.0 Å². The van der Waals surface area contributed by atoms with Crippen LogP contribution in [0, 0.1) is 5.41 Å². The fourth-order valence-corrected chi connectivity index (χ4v) is 5.58. The molecule has 36 heavy (non-hydrogen) atoms. The predicted octanol–water partition coefficient (Wildman–Crippen LogP) is 8.12. The molecule has 198 valence electrons. The lowest BCUT2D eigenvalue weighted by atomic mass is 9.52. The summed E-state index contributed by atoms with van der Waals surface area (Å²) in [4.78, 5) is 14.4. The van der Waals surface area contributed by atoms with Crippen LogP contribution in [-0.4, -0.2) is 29.6 Å². The molecule has 1 heterocycles. The summed E-state index contributed by atoms with van der Waals surface area (Å²) in [5.74, 6) is -3.59. The van der Waals surface area contributed by atoms with E-state index in [9.17, 15) is 26.7 Å². The summed E-state index contributed by atoms with van der Waals surface area (Å²) >= 11 is 3.36. The van der Waals surface area contributed by atoms with E-state index in [1.807, 2.05) is 0 Å². The van der Waals surface area contributed by atoms with Gasteiger partial charge in [-0.05, 0) is 76.0 Å². The van der Waals surface area contributed by atoms with E-state index >= 15 is 0 Å². The van der Waals surface area contributed by atoms with Gasteiger partial charge in [0.15, 0.2) is 0 Å². The number of rotatable bonds is 6. The first kappa shape index (κ1) is 26.9. The minimum absolute atomic E-state index is 0.184. The van der Waals surface area contributed by atoms with Gasteiger partial charge in [0.25, 0.3) is 0 Å². The molecule has 3 aliphatic carbocycles. The molecule has 0 spiro atoms. The molecule has 3 aliphatic rings. The van der Waals surface area contributed by atoms with Crippen molar-refractivity contribution in [3.63, 3.8) is 0 Å². The fraction of sp³-hybridized carbons (Fsp3) is 0.600. The number of ether oxygens (including phenoxy) is 1. The van der Waals surface area contributed by atoms with Crippen molar-refractivity contribution in [2.24, 2.45) is 5.41 Å². The van der Waals surface area contributed by atoms with E-state index in [-0.39, 0.29) is 17.4 Å². The lowest BCUT2D eigenvalue weighted by molar-refractivity contribution is -0.243. The summed E-state index contributed by atoms with van der Waals surface area (Å²) in [7, 11) is 0. The van der Waals surface area contributed by atoms with Crippen molar-refractivity contribution < 1.29 is 36.0 Å². The van der Waals surface area contributed by atoms with Gasteiger partial charge in [-0.1, -0.05) is 27.2 Å². The molecule has 0 unspecified atom stereocenters. The molecule has 0 radical (unpaired) electrons. The molecule has 0 N–H and O–H groups in total. The molecule has 5 nitrogen and oxygen atoms in total. The predicted molar refractivity (Wildman–Crippen MR) is 126 cm³/mol. The molecule has 0 saturated heterocycles. The van der Waals surface area contributed by atoms with Gasteiger partial charge >= 0.3 is 18.2 Å². The van der Waals surface area contributed by atoms with Crippen molar-refractivity contribution >= 4 is 27.7 Å². The summed E-state index contributed by atoms with van der Waals surface area (Å²) in [6.07, 6.45) is -1.84. The van der Waals surface area contributed by atoms with Gasteiger partial charge in [-0.15, -0.1) is 0 Å². The summed E-state index contributed by atoms with van der Waals surface area (Å²) in [6, 6.07) is 8.11. The number of alkyl halides is 5. The second-order valence-electron chi connectivity index (χ2n) is 10.7. The number of hydrogen-bond acceptors (Lipinski definition) is 4. The van der Waals surface area contributed by atoms with Crippen molar-refractivity contribution in [2.75, 3.05) is 11.4 Å². The summed E-state index contributed by atoms with van der Waals surface area (Å²) in [6.45, 7) is 2.59. The van der Waals surface area contributed by atoms with Crippen molar-refractivity contribution in [2.45, 2.75) is 82.4 Å². The molecule has 1 amide bonds. The molecule has 5 rings (SSSR count). The highest BCUT2D eigenvalue weighted by Crippen LogP contribution is 2.58. The zero-order valence-corrected chi connectivity index (χ0v) is 21.8.